The van der Waals surface area contributed by atoms with Crippen LogP contribution in [-0.2, 0) is 4.74 Å². The first-order valence-corrected chi connectivity index (χ1v) is 10.3. The molecule has 0 bridgehead atoms. The van der Waals surface area contributed by atoms with E-state index in [2.05, 4.69) is 15.4 Å². The maximum Gasteiger partial charge on any atom is 0.267 e. The summed E-state index contributed by atoms with van der Waals surface area (Å²) in [6.07, 6.45) is 4.72. The van der Waals surface area contributed by atoms with Crippen LogP contribution in [0.3, 0.4) is 0 Å². The Labute approximate surface area is 190 Å². The van der Waals surface area contributed by atoms with E-state index in [1.165, 1.54) is 17.3 Å². The van der Waals surface area contributed by atoms with E-state index in [-0.39, 0.29) is 11.6 Å². The van der Waals surface area contributed by atoms with Crippen molar-refractivity contribution >= 4 is 17.3 Å². The summed E-state index contributed by atoms with van der Waals surface area (Å²) in [5.41, 5.74) is 10.7. The molecule has 0 atom stereocenters. The number of carbonyl (C=O) groups excluding carboxylic acids is 1. The number of carbonyl (C=O) groups is 1. The van der Waals surface area contributed by atoms with Crippen LogP contribution in [0.2, 0.25) is 0 Å². The zero-order valence-electron chi connectivity index (χ0n) is 18.1. The molecule has 4 rings (SSSR count). The van der Waals surface area contributed by atoms with E-state index in [0.29, 0.717) is 54.8 Å². The van der Waals surface area contributed by atoms with Gasteiger partial charge in [0.25, 0.3) is 5.91 Å². The number of aromatic nitrogens is 3. The minimum Gasteiger partial charge on any atom is -0.400 e. The molecule has 11 heteroatoms. The van der Waals surface area contributed by atoms with Crippen LogP contribution < -0.4 is 22.0 Å². The molecule has 0 aliphatic carbocycles. The number of nitrogens with zero attached hydrogens (tertiary/aromatic N) is 5. The number of imidazole rings is 1. The van der Waals surface area contributed by atoms with Gasteiger partial charge in [0, 0.05) is 31.2 Å². The van der Waals surface area contributed by atoms with Crippen molar-refractivity contribution in [3.8, 4) is 5.82 Å². The van der Waals surface area contributed by atoms with Crippen molar-refractivity contribution in [2.45, 2.75) is 6.92 Å². The van der Waals surface area contributed by atoms with Gasteiger partial charge in [0.2, 0.25) is 0 Å². The first-order valence-electron chi connectivity index (χ1n) is 10.3. The molecule has 1 fully saturated rings. The number of hydrogen-bond acceptors (Lipinski definition) is 8. The molecule has 0 radical (unpaired) electrons. The van der Waals surface area contributed by atoms with Crippen LogP contribution in [0.15, 0.2) is 60.8 Å². The molecule has 0 unspecified atom stereocenters. The predicted molar refractivity (Wildman–Crippen MR) is 121 cm³/mol. The molecule has 10 nitrogen and oxygen atoms in total. The average molecular weight is 452 g/mol. The standard InChI is InChI=1S/C22H25FN8O2/c1-15(24)21(31(25)19-5-3-2-4-17(19)23)18-13-29(14-27-18)20-7-6-16(12-26-20)22(32)28-30-8-10-33-11-9-30/h2-7,12-14H,8-11,24-25H2,1H3,(H,28,32)/b21-15-. The van der Waals surface area contributed by atoms with Gasteiger partial charge in [0.05, 0.1) is 24.5 Å². The van der Waals surface area contributed by atoms with Gasteiger partial charge in [0.15, 0.2) is 0 Å². The topological polar surface area (TPSA) is 128 Å². The summed E-state index contributed by atoms with van der Waals surface area (Å²) >= 11 is 0. The van der Waals surface area contributed by atoms with Crippen LogP contribution in [0.4, 0.5) is 10.1 Å². The van der Waals surface area contributed by atoms with Gasteiger partial charge >= 0.3 is 0 Å². The normalized spacial score (nSPS) is 15.1. The number of para-hydroxylation sites is 1. The van der Waals surface area contributed by atoms with Crippen LogP contribution in [0.1, 0.15) is 23.0 Å². The molecule has 1 saturated heterocycles. The number of allylic oxidation sites excluding steroid dienone is 1. The SMILES string of the molecule is C/C(N)=C(\c1cn(-c2ccc(C(=O)NN3CCOCC3)cn2)cn1)N(N)c1ccccc1F. The van der Waals surface area contributed by atoms with E-state index in [1.807, 2.05) is 5.01 Å². The zero-order chi connectivity index (χ0) is 23.4. The molecule has 3 aromatic rings. The number of halogens is 1. The number of amides is 1. The lowest BCUT2D eigenvalue weighted by Gasteiger charge is -2.26. The van der Waals surface area contributed by atoms with Gasteiger partial charge in [-0.15, -0.1) is 0 Å². The lowest BCUT2D eigenvalue weighted by Crippen LogP contribution is -2.48. The first-order chi connectivity index (χ1) is 15.9. The quantitative estimate of drug-likeness (QED) is 0.378. The number of hydrazine groups is 2. The van der Waals surface area contributed by atoms with E-state index in [4.69, 9.17) is 16.3 Å². The maximum absolute atomic E-state index is 14.2. The van der Waals surface area contributed by atoms with Crippen molar-refractivity contribution in [1.29, 1.82) is 0 Å². The van der Waals surface area contributed by atoms with Crippen molar-refractivity contribution in [3.63, 3.8) is 0 Å². The number of hydrogen-bond donors (Lipinski definition) is 3. The predicted octanol–water partition coefficient (Wildman–Crippen LogP) is 1.41. The summed E-state index contributed by atoms with van der Waals surface area (Å²) in [6, 6.07) is 9.51. The molecule has 172 valence electrons. The Morgan fingerprint density at radius 1 is 1.18 bits per heavy atom. The molecule has 0 spiro atoms. The minimum atomic E-state index is -0.481. The third-order valence-electron chi connectivity index (χ3n) is 5.10. The monoisotopic (exact) mass is 452 g/mol. The highest BCUT2D eigenvalue weighted by atomic mass is 19.1. The van der Waals surface area contributed by atoms with E-state index >= 15 is 0 Å². The number of nitrogens with one attached hydrogen (secondary N) is 1. The van der Waals surface area contributed by atoms with Crippen molar-refractivity contribution < 1.29 is 13.9 Å². The smallest absolute Gasteiger partial charge is 0.267 e. The Morgan fingerprint density at radius 3 is 2.61 bits per heavy atom. The summed E-state index contributed by atoms with van der Waals surface area (Å²) in [5.74, 6) is 6.01. The van der Waals surface area contributed by atoms with Crippen molar-refractivity contribution in [1.82, 2.24) is 25.0 Å². The summed E-state index contributed by atoms with van der Waals surface area (Å²) in [6.45, 7) is 4.09. The second kappa shape index (κ2) is 9.77. The van der Waals surface area contributed by atoms with Crippen LogP contribution >= 0.6 is 0 Å². The third kappa shape index (κ3) is 5.00. The lowest BCUT2D eigenvalue weighted by atomic mass is 10.2. The Balaban J connectivity index is 1.52. The molecule has 0 saturated carbocycles. The fourth-order valence-corrected chi connectivity index (χ4v) is 3.41. The van der Waals surface area contributed by atoms with Gasteiger partial charge in [-0.2, -0.15) is 0 Å². The molecule has 1 aliphatic rings. The van der Waals surface area contributed by atoms with E-state index in [9.17, 15) is 9.18 Å². The fourth-order valence-electron chi connectivity index (χ4n) is 3.41. The summed E-state index contributed by atoms with van der Waals surface area (Å²) in [5, 5.41) is 2.99. The number of nitrogens with two attached hydrogens (primary N) is 2. The number of benzene rings is 1. The number of morpholine rings is 1. The Bertz CT molecular complexity index is 1150. The van der Waals surface area contributed by atoms with Crippen LogP contribution in [0, 0.1) is 5.82 Å². The van der Waals surface area contributed by atoms with E-state index < -0.39 is 5.82 Å². The van der Waals surface area contributed by atoms with E-state index in [0.717, 1.165) is 0 Å². The zero-order valence-corrected chi connectivity index (χ0v) is 18.1. The summed E-state index contributed by atoms with van der Waals surface area (Å²) < 4.78 is 21.2. The van der Waals surface area contributed by atoms with Crippen molar-refractivity contribution in [3.05, 3.63) is 77.9 Å². The average Bonchev–Trinajstić information content (AvgIpc) is 3.29. The second-order valence-corrected chi connectivity index (χ2v) is 7.46. The highest BCUT2D eigenvalue weighted by Gasteiger charge is 2.19. The highest BCUT2D eigenvalue weighted by molar-refractivity contribution is 5.93. The summed E-state index contributed by atoms with van der Waals surface area (Å²) in [7, 11) is 0. The third-order valence-corrected chi connectivity index (χ3v) is 5.10. The van der Waals surface area contributed by atoms with Gasteiger partial charge < -0.3 is 10.5 Å². The Morgan fingerprint density at radius 2 is 1.94 bits per heavy atom. The van der Waals surface area contributed by atoms with Crippen LogP contribution in [0.5, 0.6) is 0 Å². The second-order valence-electron chi connectivity index (χ2n) is 7.46. The summed E-state index contributed by atoms with van der Waals surface area (Å²) in [4.78, 5) is 21.2. The van der Waals surface area contributed by atoms with Gasteiger partial charge in [-0.1, -0.05) is 12.1 Å². The molecule has 1 aliphatic heterocycles. The van der Waals surface area contributed by atoms with Gasteiger partial charge in [0.1, 0.15) is 29.4 Å². The van der Waals surface area contributed by atoms with Crippen LogP contribution in [0.25, 0.3) is 11.5 Å². The van der Waals surface area contributed by atoms with Gasteiger partial charge in [-0.25, -0.2) is 25.2 Å². The first kappa shape index (κ1) is 22.4. The number of ether oxygens (including phenoxy) is 1. The molecule has 33 heavy (non-hydrogen) atoms. The Kier molecular flexibility index (Phi) is 6.63. The minimum absolute atomic E-state index is 0.167. The molecule has 1 aromatic carbocycles. The molecule has 5 N–H and O–H groups in total. The molecular formula is C22H25FN8O2. The fraction of sp³-hybridized carbons (Fsp3) is 0.227. The van der Waals surface area contributed by atoms with E-state index in [1.54, 1.807) is 54.3 Å². The molecule has 2 aromatic heterocycles. The number of pyridine rings is 1. The molecule has 3 heterocycles. The van der Waals surface area contributed by atoms with Crippen LogP contribution in [-0.4, -0.2) is 51.8 Å². The Hall–Kier alpha value is -3.80. The van der Waals surface area contributed by atoms with Crippen molar-refractivity contribution in [2.75, 3.05) is 31.3 Å². The molecule has 1 amide bonds. The molecular weight excluding hydrogens is 427 g/mol. The van der Waals surface area contributed by atoms with Gasteiger partial charge in [-0.05, 0) is 31.2 Å². The van der Waals surface area contributed by atoms with Crippen molar-refractivity contribution in [2.24, 2.45) is 11.6 Å². The lowest BCUT2D eigenvalue weighted by molar-refractivity contribution is 0.0126. The number of rotatable bonds is 6. The highest BCUT2D eigenvalue weighted by Crippen LogP contribution is 2.26. The number of anilines is 1. The maximum atomic E-state index is 14.2. The van der Waals surface area contributed by atoms with Gasteiger partial charge in [-0.3, -0.25) is 19.8 Å². The largest absolute Gasteiger partial charge is 0.400 e.